The fourth-order valence-electron chi connectivity index (χ4n) is 8.96. The molecule has 0 saturated heterocycles. The number of nitrogens with zero attached hydrogens (tertiary/aromatic N) is 2. The van der Waals surface area contributed by atoms with Gasteiger partial charge in [0.2, 0.25) is 0 Å². The molecule has 0 aliphatic heterocycles. The van der Waals surface area contributed by atoms with Crippen molar-refractivity contribution in [2.24, 2.45) is 0 Å². The first-order chi connectivity index (χ1) is 31.7. The fourth-order valence-corrected chi connectivity index (χ4v) is 10.5. The summed E-state index contributed by atoms with van der Waals surface area (Å²) in [5.41, 5.74) is 16.8. The molecule has 3 heterocycles. The van der Waals surface area contributed by atoms with Crippen LogP contribution in [0.15, 0.2) is 199 Å². The van der Waals surface area contributed by atoms with Crippen LogP contribution < -0.4 is 5.19 Å². The number of pyridine rings is 2. The Labute approximate surface area is 405 Å². The molecule has 0 spiro atoms. The van der Waals surface area contributed by atoms with E-state index in [9.17, 15) is 0 Å². The Bertz CT molecular complexity index is 3180. The molecular weight excluding hydrogens is 997 g/mol. The number of rotatable bonds is 11. The Morgan fingerprint density at radius 2 is 1.17 bits per heavy atom. The van der Waals surface area contributed by atoms with E-state index in [2.05, 4.69) is 210 Å². The van der Waals surface area contributed by atoms with Crippen molar-refractivity contribution < 1.29 is 24.5 Å². The Morgan fingerprint density at radius 3 is 1.82 bits per heavy atom. The van der Waals surface area contributed by atoms with Crippen molar-refractivity contribution in [1.82, 2.24) is 9.97 Å². The van der Waals surface area contributed by atoms with Gasteiger partial charge in [-0.2, -0.15) is 0 Å². The zero-order valence-electron chi connectivity index (χ0n) is 38.3. The average Bonchev–Trinajstić information content (AvgIpc) is 3.73. The minimum absolute atomic E-state index is 0. The van der Waals surface area contributed by atoms with E-state index < -0.39 is 8.07 Å². The molecule has 0 amide bonds. The molecule has 0 N–H and O–H groups in total. The molecule has 0 aliphatic rings. The number of benzene rings is 7. The van der Waals surface area contributed by atoms with Gasteiger partial charge in [-0.05, 0) is 93.3 Å². The van der Waals surface area contributed by atoms with Gasteiger partial charge in [0.25, 0.3) is 0 Å². The number of hydrogen-bond donors (Lipinski definition) is 0. The first-order valence-electron chi connectivity index (χ1n) is 22.9. The summed E-state index contributed by atoms with van der Waals surface area (Å²) in [7, 11) is -1.49. The minimum Gasteiger partial charge on any atom is -0.500 e. The smallest absolute Gasteiger partial charge is 0.122 e. The van der Waals surface area contributed by atoms with E-state index in [0.29, 0.717) is 5.92 Å². The number of aromatic nitrogens is 2. The predicted molar refractivity (Wildman–Crippen MR) is 276 cm³/mol. The van der Waals surface area contributed by atoms with E-state index in [1.165, 1.54) is 49.7 Å². The third kappa shape index (κ3) is 10.3. The maximum absolute atomic E-state index is 6.41. The van der Waals surface area contributed by atoms with Crippen LogP contribution in [0.1, 0.15) is 49.3 Å². The number of hydrogen-bond acceptors (Lipinski definition) is 3. The second-order valence-corrected chi connectivity index (χ2v) is 22.9. The van der Waals surface area contributed by atoms with Gasteiger partial charge in [-0.15, -0.1) is 59.2 Å². The summed E-state index contributed by atoms with van der Waals surface area (Å²) < 4.78 is 6.41. The van der Waals surface area contributed by atoms with Gasteiger partial charge in [0.1, 0.15) is 5.58 Å². The van der Waals surface area contributed by atoms with E-state index in [1.54, 1.807) is 0 Å². The number of furan rings is 1. The van der Waals surface area contributed by atoms with Gasteiger partial charge in [-0.25, -0.2) is 0 Å². The largest absolute Gasteiger partial charge is 0.500 e. The third-order valence-electron chi connectivity index (χ3n) is 12.4. The molecule has 0 bridgehead atoms. The van der Waals surface area contributed by atoms with Crippen LogP contribution in [-0.2, 0) is 26.5 Å². The van der Waals surface area contributed by atoms with Gasteiger partial charge in [0.15, 0.2) is 0 Å². The minimum atomic E-state index is -1.49. The normalized spacial score (nSPS) is 11.3. The van der Waals surface area contributed by atoms with Crippen molar-refractivity contribution in [3.05, 3.63) is 223 Å². The maximum atomic E-state index is 6.41. The zero-order valence-corrected chi connectivity index (χ0v) is 41.7. The van der Waals surface area contributed by atoms with Crippen molar-refractivity contribution in [3.8, 4) is 55.9 Å². The molecular formula is C61H54IrN2OSi-2. The summed E-state index contributed by atoms with van der Waals surface area (Å²) in [4.78, 5) is 9.56. The monoisotopic (exact) mass is 1050 g/mol. The summed E-state index contributed by atoms with van der Waals surface area (Å²) >= 11 is 0. The van der Waals surface area contributed by atoms with Gasteiger partial charge >= 0.3 is 0 Å². The van der Waals surface area contributed by atoms with Crippen molar-refractivity contribution in [2.75, 3.05) is 0 Å². The fraction of sp³-hybridized carbons (Fsp3) is 0.148. The summed E-state index contributed by atoms with van der Waals surface area (Å²) in [5.74, 6) is 0.548. The van der Waals surface area contributed by atoms with Gasteiger partial charge in [0, 0.05) is 37.9 Å². The van der Waals surface area contributed by atoms with Crippen LogP contribution in [0.4, 0.5) is 0 Å². The van der Waals surface area contributed by atoms with Crippen LogP contribution in [0.3, 0.4) is 0 Å². The van der Waals surface area contributed by atoms with Crippen molar-refractivity contribution in [3.63, 3.8) is 0 Å². The molecule has 66 heavy (non-hydrogen) atoms. The van der Waals surface area contributed by atoms with E-state index in [1.807, 2.05) is 30.5 Å². The van der Waals surface area contributed by atoms with Crippen LogP contribution in [0, 0.1) is 12.1 Å². The Hall–Kier alpha value is -6.49. The molecule has 0 saturated carbocycles. The molecule has 5 heteroatoms. The summed E-state index contributed by atoms with van der Waals surface area (Å²) in [5, 5.41) is 3.65. The van der Waals surface area contributed by atoms with Gasteiger partial charge in [0.05, 0.1) is 13.7 Å². The van der Waals surface area contributed by atoms with E-state index in [-0.39, 0.29) is 20.1 Å². The molecule has 0 aliphatic carbocycles. The van der Waals surface area contributed by atoms with Crippen molar-refractivity contribution in [2.45, 2.75) is 58.7 Å². The van der Waals surface area contributed by atoms with Crippen molar-refractivity contribution >= 4 is 35.2 Å². The summed E-state index contributed by atoms with van der Waals surface area (Å²) in [6, 6.07) is 70.6. The summed E-state index contributed by atoms with van der Waals surface area (Å²) in [6.07, 6.45) is 7.23. The summed E-state index contributed by atoms with van der Waals surface area (Å²) in [6.45, 7) is 11.7. The molecule has 7 aromatic carbocycles. The molecule has 0 unspecified atom stereocenters. The Balaban J connectivity index is 0.000000181. The molecule has 10 rings (SSSR count). The second kappa shape index (κ2) is 20.8. The average molecular weight is 1050 g/mol. The SMILES string of the molecule is CCC(CC)c1ccnc(-c2[c-]cc3oc4cc(-c5ccccc5)cc(-c5ccccc5)c4c3c2)c1.C[Si](C)(C)c1cnc(-c2[c-]ccc(-c3ccccc3)c2)cc1Cc1ccccc1.[Ir]. The standard InChI is InChI=1S/C34H28NO.C27H26NSi.Ir/c1-3-23(4-2)26-17-18-35-31(21-26)27-15-16-32-30(19-27)34-29(25-13-9-6-10-14-25)20-28(22-33(34)36-32)24-11-7-5-8-12-24;1-29(2,3)27-20-28-26(19-25(27)17-21-11-6-4-7-12-21)24-16-10-15-23(18-24)22-13-8-5-9-14-22;/h5-14,16-23H,3-4H2,1-2H3;4-15,18-20H,17H2,1-3H3;/q2*-1;. The predicted octanol–water partition coefficient (Wildman–Crippen LogP) is 16.0. The Kier molecular flexibility index (Phi) is 14.5. The Morgan fingerprint density at radius 1 is 0.561 bits per heavy atom. The third-order valence-corrected chi connectivity index (χ3v) is 14.5. The maximum Gasteiger partial charge on any atom is 0.122 e. The first kappa shape index (κ1) is 46.1. The van der Waals surface area contributed by atoms with Crippen LogP contribution in [0.25, 0.3) is 77.8 Å². The zero-order chi connectivity index (χ0) is 44.8. The van der Waals surface area contributed by atoms with E-state index in [0.717, 1.165) is 69.3 Å². The van der Waals surface area contributed by atoms with Crippen LogP contribution in [-0.4, -0.2) is 18.0 Å². The van der Waals surface area contributed by atoms with Crippen LogP contribution >= 0.6 is 0 Å². The van der Waals surface area contributed by atoms with E-state index in [4.69, 9.17) is 14.4 Å². The second-order valence-electron chi connectivity index (χ2n) is 17.8. The molecule has 10 aromatic rings. The quantitative estimate of drug-likeness (QED) is 0.0957. The molecule has 329 valence electrons. The first-order valence-corrected chi connectivity index (χ1v) is 26.4. The van der Waals surface area contributed by atoms with Gasteiger partial charge in [-0.1, -0.05) is 183 Å². The molecule has 3 nitrogen and oxygen atoms in total. The van der Waals surface area contributed by atoms with E-state index >= 15 is 0 Å². The van der Waals surface area contributed by atoms with Crippen molar-refractivity contribution in [1.29, 1.82) is 0 Å². The molecule has 0 fully saturated rings. The molecule has 3 aromatic heterocycles. The van der Waals surface area contributed by atoms with Gasteiger partial charge < -0.3 is 14.4 Å². The molecule has 0 atom stereocenters. The van der Waals surface area contributed by atoms with Gasteiger partial charge in [-0.3, -0.25) is 0 Å². The molecule has 1 radical (unpaired) electrons. The van der Waals surface area contributed by atoms with Crippen LogP contribution in [0.2, 0.25) is 19.6 Å². The topological polar surface area (TPSA) is 38.9 Å². The van der Waals surface area contributed by atoms with Crippen LogP contribution in [0.5, 0.6) is 0 Å². The number of fused-ring (bicyclic) bond motifs is 3.